The average molecular weight is 324 g/mol. The number of hydrogen-bond acceptors (Lipinski definition) is 6. The van der Waals surface area contributed by atoms with Crippen molar-refractivity contribution >= 4 is 22.5 Å². The molecule has 2 aromatic rings. The van der Waals surface area contributed by atoms with Gasteiger partial charge in [-0.2, -0.15) is 0 Å². The maximum absolute atomic E-state index is 11.2. The van der Waals surface area contributed by atoms with Crippen molar-refractivity contribution in [1.29, 1.82) is 0 Å². The van der Waals surface area contributed by atoms with Crippen LogP contribution in [0.2, 0.25) is 0 Å². The van der Waals surface area contributed by atoms with Crippen molar-refractivity contribution in [3.8, 4) is 11.5 Å². The molecule has 2 aromatic carbocycles. The Kier molecular flexibility index (Phi) is 4.44. The maximum Gasteiger partial charge on any atom is 0.271 e. The van der Waals surface area contributed by atoms with Crippen LogP contribution in [0.4, 0.5) is 11.4 Å². The zero-order chi connectivity index (χ0) is 16.3. The van der Waals surface area contributed by atoms with Crippen molar-refractivity contribution in [3.63, 3.8) is 0 Å². The van der Waals surface area contributed by atoms with Gasteiger partial charge in [-0.15, -0.1) is 0 Å². The smallest absolute Gasteiger partial charge is 0.271 e. The SMILES string of the molecule is O=[N+]([O-])c1ccc(Oc2ccc([N+](=O)[O-])cc2S(=O)O)cc1. The van der Waals surface area contributed by atoms with E-state index in [1.165, 1.54) is 30.3 Å². The normalized spacial score (nSPS) is 11.7. The molecule has 0 spiro atoms. The molecule has 9 nitrogen and oxygen atoms in total. The summed E-state index contributed by atoms with van der Waals surface area (Å²) in [5.74, 6) is 0.131. The number of hydrogen-bond donors (Lipinski definition) is 1. The van der Waals surface area contributed by atoms with Gasteiger partial charge in [0.25, 0.3) is 11.4 Å². The van der Waals surface area contributed by atoms with Crippen molar-refractivity contribution in [2.75, 3.05) is 0 Å². The van der Waals surface area contributed by atoms with E-state index in [9.17, 15) is 29.0 Å². The Bertz CT molecular complexity index is 761. The third kappa shape index (κ3) is 3.42. The van der Waals surface area contributed by atoms with E-state index in [0.717, 1.165) is 12.1 Å². The molecule has 1 atom stereocenters. The van der Waals surface area contributed by atoms with Crippen LogP contribution in [-0.4, -0.2) is 18.6 Å². The predicted octanol–water partition coefficient (Wildman–Crippen LogP) is 2.88. The minimum Gasteiger partial charge on any atom is -0.456 e. The second kappa shape index (κ2) is 6.28. The van der Waals surface area contributed by atoms with Crippen LogP contribution in [0.1, 0.15) is 0 Å². The van der Waals surface area contributed by atoms with Crippen molar-refractivity contribution in [1.82, 2.24) is 0 Å². The highest BCUT2D eigenvalue weighted by molar-refractivity contribution is 7.79. The van der Waals surface area contributed by atoms with Gasteiger partial charge in [0.2, 0.25) is 0 Å². The molecule has 0 fully saturated rings. The number of ether oxygens (including phenoxy) is 1. The molecule has 0 aliphatic heterocycles. The van der Waals surface area contributed by atoms with Gasteiger partial charge < -0.3 is 9.29 Å². The van der Waals surface area contributed by atoms with Crippen molar-refractivity contribution in [2.45, 2.75) is 4.90 Å². The van der Waals surface area contributed by atoms with Crippen LogP contribution in [0.15, 0.2) is 47.4 Å². The fourth-order valence-corrected chi connectivity index (χ4v) is 2.10. The quantitative estimate of drug-likeness (QED) is 0.507. The zero-order valence-electron chi connectivity index (χ0n) is 10.7. The number of nitrogens with zero attached hydrogens (tertiary/aromatic N) is 2. The topological polar surface area (TPSA) is 133 Å². The summed E-state index contributed by atoms with van der Waals surface area (Å²) in [6, 6.07) is 8.26. The molecule has 114 valence electrons. The summed E-state index contributed by atoms with van der Waals surface area (Å²) in [6.45, 7) is 0. The standard InChI is InChI=1S/C12H8N2O7S/c15-13(16)8-1-4-10(5-2-8)21-11-6-3-9(14(17)18)7-12(11)22(19)20/h1-7H,(H,19,20). The van der Waals surface area contributed by atoms with E-state index >= 15 is 0 Å². The Balaban J connectivity index is 2.34. The molecule has 2 rings (SSSR count). The molecule has 22 heavy (non-hydrogen) atoms. The summed E-state index contributed by atoms with van der Waals surface area (Å²) < 4.78 is 25.8. The lowest BCUT2D eigenvalue weighted by atomic mass is 10.3. The van der Waals surface area contributed by atoms with E-state index in [1.54, 1.807) is 0 Å². The number of rotatable bonds is 5. The molecular formula is C12H8N2O7S. The number of benzene rings is 2. The van der Waals surface area contributed by atoms with Gasteiger partial charge in [-0.1, -0.05) is 0 Å². The molecule has 0 saturated carbocycles. The van der Waals surface area contributed by atoms with Crippen LogP contribution in [0.25, 0.3) is 0 Å². The highest BCUT2D eigenvalue weighted by Gasteiger charge is 2.16. The molecule has 0 bridgehead atoms. The molecule has 0 aromatic heterocycles. The third-order valence-electron chi connectivity index (χ3n) is 2.60. The van der Waals surface area contributed by atoms with Crippen molar-refractivity contribution in [3.05, 3.63) is 62.7 Å². The lowest BCUT2D eigenvalue weighted by molar-refractivity contribution is -0.385. The summed E-state index contributed by atoms with van der Waals surface area (Å²) in [4.78, 5) is 19.7. The molecule has 0 aliphatic rings. The van der Waals surface area contributed by atoms with Crippen molar-refractivity contribution < 1.29 is 23.3 Å². The highest BCUT2D eigenvalue weighted by atomic mass is 32.2. The molecule has 0 aliphatic carbocycles. The summed E-state index contributed by atoms with van der Waals surface area (Å²) in [5, 5.41) is 21.2. The van der Waals surface area contributed by atoms with Crippen LogP contribution < -0.4 is 4.74 Å². The lowest BCUT2D eigenvalue weighted by Gasteiger charge is -2.08. The van der Waals surface area contributed by atoms with Gasteiger partial charge in [0, 0.05) is 24.3 Å². The van der Waals surface area contributed by atoms with Crippen LogP contribution >= 0.6 is 0 Å². The minimum absolute atomic E-state index is 0.0553. The van der Waals surface area contributed by atoms with E-state index in [4.69, 9.17) is 4.74 Å². The van der Waals surface area contributed by atoms with E-state index < -0.39 is 20.9 Å². The van der Waals surface area contributed by atoms with Gasteiger partial charge in [-0.3, -0.25) is 20.2 Å². The van der Waals surface area contributed by atoms with Gasteiger partial charge in [-0.05, 0) is 18.2 Å². The minimum atomic E-state index is -2.49. The first kappa shape index (κ1) is 15.5. The third-order valence-corrected chi connectivity index (χ3v) is 3.30. The fraction of sp³-hybridized carbons (Fsp3) is 0. The van der Waals surface area contributed by atoms with Crippen LogP contribution in [0, 0.1) is 20.2 Å². The van der Waals surface area contributed by atoms with Crippen LogP contribution in [0.5, 0.6) is 11.5 Å². The van der Waals surface area contributed by atoms with E-state index in [0.29, 0.717) is 0 Å². The number of non-ortho nitro benzene ring substituents is 2. The zero-order valence-corrected chi connectivity index (χ0v) is 11.6. The summed E-state index contributed by atoms with van der Waals surface area (Å²) in [7, 11) is 0. The molecule has 0 saturated heterocycles. The first-order valence-electron chi connectivity index (χ1n) is 5.70. The Morgan fingerprint density at radius 1 is 0.955 bits per heavy atom. The summed E-state index contributed by atoms with van der Waals surface area (Å²) in [5.41, 5.74) is -0.490. The maximum atomic E-state index is 11.2. The molecule has 0 amide bonds. The second-order valence-electron chi connectivity index (χ2n) is 3.99. The van der Waals surface area contributed by atoms with Gasteiger partial charge in [0.15, 0.2) is 11.1 Å². The summed E-state index contributed by atoms with van der Waals surface area (Å²) >= 11 is -2.49. The molecular weight excluding hydrogens is 316 g/mol. The Morgan fingerprint density at radius 2 is 1.50 bits per heavy atom. The molecule has 1 unspecified atom stereocenters. The molecule has 1 N–H and O–H groups in total. The van der Waals surface area contributed by atoms with Crippen molar-refractivity contribution in [2.24, 2.45) is 0 Å². The number of nitro benzene ring substituents is 2. The van der Waals surface area contributed by atoms with Gasteiger partial charge >= 0.3 is 0 Å². The van der Waals surface area contributed by atoms with Gasteiger partial charge in [0.1, 0.15) is 16.4 Å². The van der Waals surface area contributed by atoms with Gasteiger partial charge in [-0.25, -0.2) is 4.21 Å². The van der Waals surface area contributed by atoms with E-state index in [-0.39, 0.29) is 27.8 Å². The molecule has 10 heteroatoms. The Morgan fingerprint density at radius 3 is 2.00 bits per heavy atom. The monoisotopic (exact) mass is 324 g/mol. The first-order chi connectivity index (χ1) is 10.4. The Hall–Kier alpha value is -2.85. The van der Waals surface area contributed by atoms with E-state index in [2.05, 4.69) is 0 Å². The van der Waals surface area contributed by atoms with Gasteiger partial charge in [0.05, 0.1) is 9.85 Å². The second-order valence-corrected chi connectivity index (χ2v) is 4.93. The Labute approximate surface area is 125 Å². The summed E-state index contributed by atoms with van der Waals surface area (Å²) in [6.07, 6.45) is 0. The largest absolute Gasteiger partial charge is 0.456 e. The fourth-order valence-electron chi connectivity index (χ4n) is 1.59. The average Bonchev–Trinajstić information content (AvgIpc) is 2.47. The lowest BCUT2D eigenvalue weighted by Crippen LogP contribution is -1.97. The first-order valence-corrected chi connectivity index (χ1v) is 6.81. The predicted molar refractivity (Wildman–Crippen MR) is 75.3 cm³/mol. The molecule has 0 radical (unpaired) electrons. The highest BCUT2D eigenvalue weighted by Crippen LogP contribution is 2.31. The van der Waals surface area contributed by atoms with E-state index in [1.807, 2.05) is 0 Å². The molecule has 0 heterocycles. The van der Waals surface area contributed by atoms with Crippen LogP contribution in [-0.2, 0) is 11.1 Å². The number of nitro groups is 2. The van der Waals surface area contributed by atoms with Crippen LogP contribution in [0.3, 0.4) is 0 Å².